The van der Waals surface area contributed by atoms with E-state index in [2.05, 4.69) is 289 Å². The zero-order valence-electron chi connectivity index (χ0n) is 88.1. The molecule has 11 aromatic rings. The van der Waals surface area contributed by atoms with Gasteiger partial charge in [-0.2, -0.15) is 0 Å². The maximum absolute atomic E-state index is 9.01. The van der Waals surface area contributed by atoms with Crippen LogP contribution >= 0.6 is 0 Å². The lowest BCUT2D eigenvalue weighted by Crippen LogP contribution is -2.46. The Labute approximate surface area is 854 Å². The molecule has 11 heteroatoms. The molecule has 1 saturated heterocycles. The first-order chi connectivity index (χ1) is 69.3. The lowest BCUT2D eigenvalue weighted by atomic mass is 9.68. The van der Waals surface area contributed by atoms with Crippen molar-refractivity contribution in [3.8, 4) is 34.5 Å². The number of aromatic hydroxyl groups is 2. The summed E-state index contributed by atoms with van der Waals surface area (Å²) >= 11 is 0. The number of fused-ring (bicyclic) bond motifs is 11. The van der Waals surface area contributed by atoms with Crippen molar-refractivity contribution in [3.05, 3.63) is 358 Å². The van der Waals surface area contributed by atoms with E-state index in [0.29, 0.717) is 78.2 Å². The number of phenolic OH excluding ortho intramolecular Hbond substituents is 2. The Bertz CT molecular complexity index is 5150. The van der Waals surface area contributed by atoms with E-state index in [1.165, 1.54) is 141 Å². The van der Waals surface area contributed by atoms with Crippen LogP contribution in [0.25, 0.3) is 0 Å². The summed E-state index contributed by atoms with van der Waals surface area (Å²) < 4.78 is 57.0. The van der Waals surface area contributed by atoms with Crippen molar-refractivity contribution < 1.29 is 52.8 Å². The Hall–Kier alpha value is -9.98. The highest BCUT2D eigenvalue weighted by molar-refractivity contribution is 5.52. The summed E-state index contributed by atoms with van der Waals surface area (Å²) in [5.41, 5.74) is 13.1. The molecule has 8 fully saturated rings. The molecule has 20 unspecified atom stereocenters. The third-order valence-corrected chi connectivity index (χ3v) is 33.7. The van der Waals surface area contributed by atoms with E-state index in [1.54, 1.807) is 37.8 Å². The third-order valence-electron chi connectivity index (χ3n) is 33.7. The van der Waals surface area contributed by atoms with E-state index in [0.717, 1.165) is 164 Å². The minimum Gasteiger partial charge on any atom is -0.508 e. The molecular formula is C131H170O11. The monoisotopic (exact) mass is 1920 g/mol. The molecule has 8 aliphatic rings. The van der Waals surface area contributed by atoms with Gasteiger partial charge in [-0.15, -0.1) is 0 Å². The molecule has 0 amide bonds. The van der Waals surface area contributed by atoms with E-state index in [9.17, 15) is 0 Å². The Kier molecular flexibility index (Phi) is 42.0. The Morgan fingerprint density at radius 2 is 0.704 bits per heavy atom. The predicted octanol–water partition coefficient (Wildman–Crippen LogP) is 34.2. The number of rotatable bonds is 38. The summed E-state index contributed by atoms with van der Waals surface area (Å²) in [4.78, 5) is 0. The largest absolute Gasteiger partial charge is 0.508 e. The highest BCUT2D eigenvalue weighted by atomic mass is 16.7. The Balaban J connectivity index is 0.000000141. The standard InChI is InChI=1S/C31H44O2.C31H32O2.C26H36O2.C23H30O3.2C10H14O/c1-3-18(2)20-8-10-26(11-9-20)32-29(17-24-13-19-4-5-21(24)12-19)33-28-16-25-15-27(28)31-23-7-6-22(14-23)30(25)31;1-4-24(2)25-20-22-29(23-21-25)33-30(32-3)31(26-14-8-5-9-15-26,27-16-10-6-11-17-27)28-18-12-7-13-19-28;1-3-21(2)24-15-17-25(18-16-24)28-26(19-22-11-7-4-5-8-12-22)27-20-23-13-9-6-10-14-23;1-3-18(2)20-9-11-22(12-10-20)26-23(21-13-15-24-16-14-21)25-17-19-7-5-4-6-8-19;2*1-3-8(2)9-4-6-10(11)7-5-9/h8-11,18-19,21-25,27-31H,3-7,12-17H2,1-2H3;5-24,30H,4H2,1-3H3;6,9-10,13-18,21-22,26H,3-5,7-8,11-12,19-20H2,1-2H3;4-12,18,21,23H,3,13-17H2,1-2H3;2*4-8,11H,3H2,1-2H3. The number of phenols is 2. The molecule has 1 aliphatic heterocycles. The lowest BCUT2D eigenvalue weighted by molar-refractivity contribution is -0.157. The Morgan fingerprint density at radius 3 is 1.10 bits per heavy atom. The van der Waals surface area contributed by atoms with E-state index >= 15 is 0 Å². The zero-order chi connectivity index (χ0) is 99.5. The normalized spacial score (nSPS) is 22.5. The second-order valence-electron chi connectivity index (χ2n) is 42.9. The fourth-order valence-electron chi connectivity index (χ4n) is 24.1. The van der Waals surface area contributed by atoms with Gasteiger partial charge in [0.2, 0.25) is 12.6 Å². The van der Waals surface area contributed by atoms with Gasteiger partial charge in [-0.05, 0) is 331 Å². The first kappa shape index (κ1) is 108. The van der Waals surface area contributed by atoms with E-state index in [-0.39, 0.29) is 18.9 Å². The second kappa shape index (κ2) is 55.4. The minimum absolute atomic E-state index is 0.0508. The van der Waals surface area contributed by atoms with Crippen LogP contribution in [0.5, 0.6) is 34.5 Å². The van der Waals surface area contributed by atoms with Crippen molar-refractivity contribution in [1.29, 1.82) is 0 Å². The number of benzene rings is 11. The molecule has 760 valence electrons. The van der Waals surface area contributed by atoms with Crippen LogP contribution in [0, 0.1) is 65.1 Å². The van der Waals surface area contributed by atoms with Gasteiger partial charge >= 0.3 is 0 Å². The molecule has 11 aromatic carbocycles. The first-order valence-electron chi connectivity index (χ1n) is 55.2. The first-order valence-corrected chi connectivity index (χ1v) is 55.2. The van der Waals surface area contributed by atoms with Crippen LogP contribution in [0.15, 0.2) is 297 Å². The van der Waals surface area contributed by atoms with Crippen LogP contribution in [0.3, 0.4) is 0 Å². The van der Waals surface area contributed by atoms with E-state index in [1.807, 2.05) is 66.7 Å². The number of hydrogen-bond acceptors (Lipinski definition) is 11. The van der Waals surface area contributed by atoms with Gasteiger partial charge < -0.3 is 52.8 Å². The van der Waals surface area contributed by atoms with E-state index in [4.69, 9.17) is 52.8 Å². The van der Waals surface area contributed by atoms with Crippen molar-refractivity contribution in [2.75, 3.05) is 20.3 Å². The number of methoxy groups -OCH3 is 1. The average molecular weight is 1920 g/mol. The predicted molar refractivity (Wildman–Crippen MR) is 582 cm³/mol. The molecule has 7 aliphatic carbocycles. The fraction of sp³-hybridized carbons (Fsp3) is 0.496. The SMILES string of the molecule is CCC(C)c1ccc(O)cc1.CCC(C)c1ccc(O)cc1.CCC(C)c1ccc(OC(CC2CC3CCC2C3)OC2CC3CC2C2C4CCC(C4)C32)cc1.CCC(C)c1ccc(OC(CC2CCCCCC2)OCc2ccccc2)cc1.CCC(C)c1ccc(OC(OC)C(c2ccccc2)(c2ccccc2)c2ccccc2)cc1.CCC(C)c1ccc(OC(OCc2ccccc2)C2CCOCC2)cc1. The molecule has 2 N–H and O–H groups in total. The summed E-state index contributed by atoms with van der Waals surface area (Å²) in [7, 11) is 1.72. The van der Waals surface area contributed by atoms with Crippen LogP contribution < -0.4 is 18.9 Å². The molecule has 0 radical (unpaired) electrons. The minimum atomic E-state index is -0.659. The van der Waals surface area contributed by atoms with Gasteiger partial charge in [-0.3, -0.25) is 0 Å². The van der Waals surface area contributed by atoms with Crippen LogP contribution in [-0.4, -0.2) is 61.8 Å². The van der Waals surface area contributed by atoms with Crippen molar-refractivity contribution in [3.63, 3.8) is 0 Å². The zero-order valence-corrected chi connectivity index (χ0v) is 88.1. The summed E-state index contributed by atoms with van der Waals surface area (Å²) in [5.74, 6) is 17.5. The molecule has 0 spiro atoms. The highest BCUT2D eigenvalue weighted by Gasteiger charge is 2.63. The Morgan fingerprint density at radius 1 is 0.331 bits per heavy atom. The summed E-state index contributed by atoms with van der Waals surface area (Å²) in [5, 5.41) is 18.0. The van der Waals surface area contributed by atoms with Crippen molar-refractivity contribution in [1.82, 2.24) is 0 Å². The molecular weight excluding hydrogens is 1750 g/mol. The van der Waals surface area contributed by atoms with Crippen LogP contribution in [0.2, 0.25) is 0 Å². The van der Waals surface area contributed by atoms with Crippen LogP contribution in [0.4, 0.5) is 0 Å². The highest BCUT2D eigenvalue weighted by Crippen LogP contribution is 2.68. The van der Waals surface area contributed by atoms with Gasteiger partial charge in [0.05, 0.1) is 19.3 Å². The van der Waals surface area contributed by atoms with Gasteiger partial charge in [0.25, 0.3) is 0 Å². The number of ether oxygens (including phenoxy) is 9. The summed E-state index contributed by atoms with van der Waals surface area (Å²) in [6.07, 6.45) is 31.6. The quantitative estimate of drug-likeness (QED) is 0.0166. The smallest absolute Gasteiger partial charge is 0.217 e. The topological polar surface area (TPSA) is 124 Å². The summed E-state index contributed by atoms with van der Waals surface area (Å²) in [6, 6.07) is 101. The van der Waals surface area contributed by atoms with Crippen molar-refractivity contribution >= 4 is 0 Å². The summed E-state index contributed by atoms with van der Waals surface area (Å²) in [6.45, 7) is 29.5. The maximum atomic E-state index is 9.01. The van der Waals surface area contributed by atoms with Crippen molar-refractivity contribution in [2.24, 2.45) is 65.1 Å². The van der Waals surface area contributed by atoms with Gasteiger partial charge in [-0.25, -0.2) is 0 Å². The molecule has 6 bridgehead atoms. The van der Waals surface area contributed by atoms with Gasteiger partial charge in [0.15, 0.2) is 12.6 Å². The van der Waals surface area contributed by atoms with Gasteiger partial charge in [0.1, 0.15) is 39.9 Å². The molecule has 11 nitrogen and oxygen atoms in total. The van der Waals surface area contributed by atoms with Crippen molar-refractivity contribution in [2.45, 2.75) is 329 Å². The molecule has 19 rings (SSSR count). The lowest BCUT2D eigenvalue weighted by Gasteiger charge is -2.41. The maximum Gasteiger partial charge on any atom is 0.217 e. The molecule has 20 atom stereocenters. The third kappa shape index (κ3) is 29.9. The second-order valence-corrected chi connectivity index (χ2v) is 42.9. The van der Waals surface area contributed by atoms with Gasteiger partial charge in [-0.1, -0.05) is 352 Å². The van der Waals surface area contributed by atoms with Crippen LogP contribution in [-0.2, 0) is 42.3 Å². The van der Waals surface area contributed by atoms with E-state index < -0.39 is 11.7 Å². The number of hydrogen-bond donors (Lipinski definition) is 2. The molecule has 7 saturated carbocycles. The average Bonchev–Trinajstić information content (AvgIpc) is 1.55. The van der Waals surface area contributed by atoms with Gasteiger partial charge in [0, 0.05) is 39.1 Å². The molecule has 1 heterocycles. The molecule has 142 heavy (non-hydrogen) atoms. The van der Waals surface area contributed by atoms with Crippen LogP contribution in [0.1, 0.15) is 340 Å². The fourth-order valence-corrected chi connectivity index (χ4v) is 24.1. The molecule has 0 aromatic heterocycles.